The summed E-state index contributed by atoms with van der Waals surface area (Å²) >= 11 is 13.6. The molecule has 0 aliphatic carbocycles. The Hall–Kier alpha value is -1.36. The molecule has 0 saturated carbocycles. The Labute approximate surface area is 169 Å². The van der Waals surface area contributed by atoms with E-state index in [4.69, 9.17) is 27.9 Å². The minimum absolute atomic E-state index is 0.110. The quantitative estimate of drug-likeness (QED) is 0.588. The number of carbonyl (C=O) groups excluding carboxylic acids is 1. The third-order valence-corrected chi connectivity index (χ3v) is 5.80. The van der Waals surface area contributed by atoms with Crippen LogP contribution in [0.25, 0.3) is 0 Å². The zero-order valence-corrected chi connectivity index (χ0v) is 17.5. The molecule has 2 rings (SSSR count). The Morgan fingerprint density at radius 2 is 1.96 bits per heavy atom. The smallest absolute Gasteiger partial charge is 0.260 e. The van der Waals surface area contributed by atoms with Gasteiger partial charge in [-0.05, 0) is 55.7 Å². The van der Waals surface area contributed by atoms with E-state index >= 15 is 0 Å². The van der Waals surface area contributed by atoms with Gasteiger partial charge >= 0.3 is 0 Å². The number of halogens is 2. The fourth-order valence-corrected chi connectivity index (χ4v) is 3.43. The van der Waals surface area contributed by atoms with E-state index < -0.39 is 6.10 Å². The number of hydrogen-bond donors (Lipinski definition) is 1. The van der Waals surface area contributed by atoms with Gasteiger partial charge in [-0.25, -0.2) is 0 Å². The summed E-state index contributed by atoms with van der Waals surface area (Å²) in [5.41, 5.74) is 3.32. The lowest BCUT2D eigenvalue weighted by molar-refractivity contribution is -0.127. The van der Waals surface area contributed by atoms with E-state index in [1.807, 2.05) is 44.2 Å². The van der Waals surface area contributed by atoms with Gasteiger partial charge in [0, 0.05) is 18.1 Å². The number of nitrogens with one attached hydrogen (secondary N) is 1. The molecular weight excluding hydrogens is 389 g/mol. The zero-order valence-electron chi connectivity index (χ0n) is 15.1. The predicted molar refractivity (Wildman–Crippen MR) is 112 cm³/mol. The molecule has 0 aliphatic rings. The summed E-state index contributed by atoms with van der Waals surface area (Å²) in [5, 5.41) is 4.04. The van der Waals surface area contributed by atoms with E-state index in [2.05, 4.69) is 5.32 Å². The normalized spacial score (nSPS) is 11.9. The molecule has 0 fully saturated rings. The Balaban J connectivity index is 1.71. The van der Waals surface area contributed by atoms with Crippen LogP contribution in [0.4, 0.5) is 0 Å². The zero-order chi connectivity index (χ0) is 19.1. The first-order valence-corrected chi connectivity index (χ1v) is 10.3. The van der Waals surface area contributed by atoms with Crippen molar-refractivity contribution in [1.29, 1.82) is 0 Å². The highest BCUT2D eigenvalue weighted by Crippen LogP contribution is 2.24. The van der Waals surface area contributed by atoms with Crippen LogP contribution in [0.5, 0.6) is 5.75 Å². The number of amides is 1. The van der Waals surface area contributed by atoms with Gasteiger partial charge in [-0.1, -0.05) is 41.4 Å². The van der Waals surface area contributed by atoms with E-state index in [0.29, 0.717) is 16.6 Å². The largest absolute Gasteiger partial charge is 0.481 e. The van der Waals surface area contributed by atoms with Gasteiger partial charge < -0.3 is 10.1 Å². The van der Waals surface area contributed by atoms with Gasteiger partial charge in [0.05, 0.1) is 10.0 Å². The fourth-order valence-electron chi connectivity index (χ4n) is 2.31. The molecule has 1 atom stereocenters. The third-order valence-electron chi connectivity index (χ3n) is 4.03. The molecule has 0 radical (unpaired) electrons. The van der Waals surface area contributed by atoms with Crippen molar-refractivity contribution in [2.75, 3.05) is 12.3 Å². The molecule has 0 unspecified atom stereocenters. The van der Waals surface area contributed by atoms with Crippen LogP contribution in [-0.4, -0.2) is 24.3 Å². The summed E-state index contributed by atoms with van der Waals surface area (Å²) in [5.74, 6) is 2.27. The molecule has 0 heterocycles. The highest BCUT2D eigenvalue weighted by atomic mass is 35.5. The van der Waals surface area contributed by atoms with Crippen molar-refractivity contribution in [2.24, 2.45) is 0 Å². The predicted octanol–water partition coefficient (Wildman–Crippen LogP) is 5.43. The average molecular weight is 412 g/mol. The number of thioether (sulfide) groups is 1. The minimum atomic E-state index is -0.532. The number of rotatable bonds is 8. The highest BCUT2D eigenvalue weighted by Gasteiger charge is 2.15. The van der Waals surface area contributed by atoms with Crippen molar-refractivity contribution in [3.63, 3.8) is 0 Å². The maximum atomic E-state index is 12.2. The molecule has 0 saturated heterocycles. The van der Waals surface area contributed by atoms with E-state index in [9.17, 15) is 4.79 Å². The third kappa shape index (κ3) is 6.11. The molecule has 0 aromatic heterocycles. The lowest BCUT2D eigenvalue weighted by atomic mass is 10.1. The molecule has 140 valence electrons. The van der Waals surface area contributed by atoms with Crippen molar-refractivity contribution in [1.82, 2.24) is 5.32 Å². The average Bonchev–Trinajstić information content (AvgIpc) is 2.61. The van der Waals surface area contributed by atoms with E-state index in [1.54, 1.807) is 24.8 Å². The summed E-state index contributed by atoms with van der Waals surface area (Å²) in [6, 6.07) is 11.5. The molecule has 0 spiro atoms. The number of carbonyl (C=O) groups is 1. The van der Waals surface area contributed by atoms with Gasteiger partial charge in [0.1, 0.15) is 5.75 Å². The van der Waals surface area contributed by atoms with Crippen molar-refractivity contribution in [2.45, 2.75) is 32.6 Å². The Morgan fingerprint density at radius 3 is 2.69 bits per heavy atom. The van der Waals surface area contributed by atoms with Gasteiger partial charge in [-0.2, -0.15) is 11.8 Å². The first-order valence-electron chi connectivity index (χ1n) is 8.40. The second-order valence-electron chi connectivity index (χ2n) is 6.05. The van der Waals surface area contributed by atoms with Gasteiger partial charge in [0.25, 0.3) is 5.91 Å². The molecular formula is C20H23Cl2NO2S. The monoisotopic (exact) mass is 411 g/mol. The number of benzene rings is 2. The molecule has 2 aromatic rings. The minimum Gasteiger partial charge on any atom is -0.481 e. The number of hydrogen-bond acceptors (Lipinski definition) is 3. The van der Waals surface area contributed by atoms with Crippen LogP contribution in [0, 0.1) is 13.8 Å². The molecule has 3 nitrogen and oxygen atoms in total. The van der Waals surface area contributed by atoms with Gasteiger partial charge in [0.2, 0.25) is 0 Å². The molecule has 0 aliphatic heterocycles. The van der Waals surface area contributed by atoms with E-state index in [0.717, 1.165) is 33.9 Å². The van der Waals surface area contributed by atoms with E-state index in [1.165, 1.54) is 0 Å². The van der Waals surface area contributed by atoms with Gasteiger partial charge in [0.15, 0.2) is 6.10 Å². The molecule has 6 heteroatoms. The van der Waals surface area contributed by atoms with Crippen LogP contribution in [0.1, 0.15) is 23.6 Å². The Morgan fingerprint density at radius 1 is 1.19 bits per heavy atom. The van der Waals surface area contributed by atoms with Crippen LogP contribution in [0.2, 0.25) is 10.0 Å². The number of aryl methyl sites for hydroxylation is 1. The summed E-state index contributed by atoms with van der Waals surface area (Å²) in [6.07, 6.45) is -0.532. The lowest BCUT2D eigenvalue weighted by Gasteiger charge is -2.17. The van der Waals surface area contributed by atoms with Crippen LogP contribution in [0.3, 0.4) is 0 Å². The molecule has 1 N–H and O–H groups in total. The van der Waals surface area contributed by atoms with Crippen molar-refractivity contribution in [3.05, 3.63) is 63.1 Å². The lowest BCUT2D eigenvalue weighted by Crippen LogP contribution is -2.37. The van der Waals surface area contributed by atoms with Crippen molar-refractivity contribution >= 4 is 40.9 Å². The topological polar surface area (TPSA) is 38.3 Å². The molecule has 2 aromatic carbocycles. The fraction of sp³-hybridized carbons (Fsp3) is 0.350. The Kier molecular flexibility index (Phi) is 8.14. The van der Waals surface area contributed by atoms with Gasteiger partial charge in [-0.3, -0.25) is 4.79 Å². The number of ether oxygens (including phenoxy) is 1. The second-order valence-corrected chi connectivity index (χ2v) is 7.97. The van der Waals surface area contributed by atoms with Crippen molar-refractivity contribution < 1.29 is 9.53 Å². The summed E-state index contributed by atoms with van der Waals surface area (Å²) in [4.78, 5) is 12.2. The standard InChI is InChI=1S/C20H23Cl2NO2S/c1-13-5-4-6-19(14(13)2)25-15(3)20(24)23-9-10-26-12-16-7-8-17(21)18(22)11-16/h4-8,11,15H,9-10,12H2,1-3H3,(H,23,24)/t15-/m1/s1. The first-order chi connectivity index (χ1) is 12.4. The van der Waals surface area contributed by atoms with Crippen LogP contribution < -0.4 is 10.1 Å². The highest BCUT2D eigenvalue weighted by molar-refractivity contribution is 7.98. The molecule has 26 heavy (non-hydrogen) atoms. The van der Waals surface area contributed by atoms with Crippen LogP contribution in [0.15, 0.2) is 36.4 Å². The maximum absolute atomic E-state index is 12.2. The van der Waals surface area contributed by atoms with Gasteiger partial charge in [-0.15, -0.1) is 0 Å². The summed E-state index contributed by atoms with van der Waals surface area (Å²) in [6.45, 7) is 6.37. The molecule has 0 bridgehead atoms. The SMILES string of the molecule is Cc1cccc(O[C@H](C)C(=O)NCCSCc2ccc(Cl)c(Cl)c2)c1C. The molecule has 1 amide bonds. The second kappa shape index (κ2) is 10.1. The van der Waals surface area contributed by atoms with Crippen LogP contribution >= 0.6 is 35.0 Å². The van der Waals surface area contributed by atoms with Crippen molar-refractivity contribution in [3.8, 4) is 5.75 Å². The van der Waals surface area contributed by atoms with E-state index in [-0.39, 0.29) is 5.91 Å². The maximum Gasteiger partial charge on any atom is 0.260 e. The van der Waals surface area contributed by atoms with Crippen LogP contribution in [-0.2, 0) is 10.5 Å². The summed E-state index contributed by atoms with van der Waals surface area (Å²) < 4.78 is 5.79. The summed E-state index contributed by atoms with van der Waals surface area (Å²) in [7, 11) is 0. The first kappa shape index (κ1) is 20.9. The Bertz CT molecular complexity index is 767.